The Morgan fingerprint density at radius 3 is 2.84 bits per heavy atom. The largest absolute Gasteiger partial charge is 0.471 e. The van der Waals surface area contributed by atoms with Crippen LogP contribution < -0.4 is 10.5 Å². The number of halogens is 2. The summed E-state index contributed by atoms with van der Waals surface area (Å²) in [5, 5.41) is 12.3. The highest BCUT2D eigenvalue weighted by molar-refractivity contribution is 6.02. The van der Waals surface area contributed by atoms with Crippen molar-refractivity contribution in [1.82, 2.24) is 4.98 Å². The molecule has 0 aliphatic rings. The van der Waals surface area contributed by atoms with Crippen LogP contribution in [-0.4, -0.2) is 29.1 Å². The fourth-order valence-corrected chi connectivity index (χ4v) is 1.59. The Balaban J connectivity index is 2.51. The number of hydrogen-bond donors (Lipinski definition) is 2. The molecule has 0 spiro atoms. The number of ether oxygens (including phenoxy) is 1. The second kappa shape index (κ2) is 5.47. The van der Waals surface area contributed by atoms with Crippen molar-refractivity contribution in [2.24, 2.45) is 10.9 Å². The highest BCUT2D eigenvalue weighted by Gasteiger charge is 2.14. The number of aromatic nitrogens is 1. The number of hydrogen-bond acceptors (Lipinski definition) is 4. The van der Waals surface area contributed by atoms with Gasteiger partial charge in [0.25, 0.3) is 6.43 Å². The van der Waals surface area contributed by atoms with Gasteiger partial charge in [-0.25, -0.2) is 13.8 Å². The highest BCUT2D eigenvalue weighted by Crippen LogP contribution is 2.22. The summed E-state index contributed by atoms with van der Waals surface area (Å²) in [5.41, 5.74) is 6.22. The third-order valence-corrected chi connectivity index (χ3v) is 2.42. The van der Waals surface area contributed by atoms with E-state index in [0.717, 1.165) is 5.39 Å². The van der Waals surface area contributed by atoms with Gasteiger partial charge in [0, 0.05) is 5.39 Å². The molecular weight excluding hydrogens is 256 g/mol. The van der Waals surface area contributed by atoms with Gasteiger partial charge in [-0.05, 0) is 12.1 Å². The normalized spacial score (nSPS) is 12.1. The number of para-hydroxylation sites is 1. The Morgan fingerprint density at radius 1 is 1.42 bits per heavy atom. The van der Waals surface area contributed by atoms with Gasteiger partial charge in [-0.1, -0.05) is 23.4 Å². The Bertz CT molecular complexity index is 617. The first-order valence-corrected chi connectivity index (χ1v) is 5.40. The maximum atomic E-state index is 12.2. The minimum atomic E-state index is -2.63. The van der Waals surface area contributed by atoms with Crippen LogP contribution in [-0.2, 0) is 0 Å². The van der Waals surface area contributed by atoms with Crippen molar-refractivity contribution < 1.29 is 18.7 Å². The fraction of sp³-hybridized carbons (Fsp3) is 0.167. The van der Waals surface area contributed by atoms with Crippen LogP contribution >= 0.6 is 0 Å². The molecule has 0 atom stereocenters. The van der Waals surface area contributed by atoms with Crippen molar-refractivity contribution >= 4 is 16.7 Å². The number of rotatable bonds is 4. The van der Waals surface area contributed by atoms with Crippen molar-refractivity contribution in [1.29, 1.82) is 0 Å². The number of pyridine rings is 1. The number of nitrogens with zero attached hydrogens (tertiary/aromatic N) is 2. The van der Waals surface area contributed by atoms with E-state index in [1.54, 1.807) is 30.3 Å². The minimum absolute atomic E-state index is 0.0886. The third kappa shape index (κ3) is 2.87. The van der Waals surface area contributed by atoms with E-state index in [1.165, 1.54) is 0 Å². The molecule has 1 aromatic carbocycles. The van der Waals surface area contributed by atoms with Gasteiger partial charge in [-0.15, -0.1) is 0 Å². The summed E-state index contributed by atoms with van der Waals surface area (Å²) in [6.45, 7) is -0.808. The predicted octanol–water partition coefficient (Wildman–Crippen LogP) is 1.97. The molecule has 100 valence electrons. The molecule has 1 heterocycles. The van der Waals surface area contributed by atoms with Crippen LogP contribution in [0.2, 0.25) is 0 Å². The molecule has 0 aliphatic carbocycles. The van der Waals surface area contributed by atoms with Crippen LogP contribution in [0.1, 0.15) is 5.56 Å². The highest BCUT2D eigenvalue weighted by atomic mass is 19.3. The Morgan fingerprint density at radius 2 is 2.16 bits per heavy atom. The molecule has 7 heteroatoms. The lowest BCUT2D eigenvalue weighted by atomic mass is 10.1. The van der Waals surface area contributed by atoms with Crippen LogP contribution in [0.25, 0.3) is 10.9 Å². The quantitative estimate of drug-likeness (QED) is 0.384. The SMILES string of the molecule is N/C(=N/O)c1cc2ccccc2nc1OCC(F)F. The molecule has 0 radical (unpaired) electrons. The Kier molecular flexibility index (Phi) is 3.74. The van der Waals surface area contributed by atoms with E-state index in [0.29, 0.717) is 5.52 Å². The van der Waals surface area contributed by atoms with Gasteiger partial charge in [-0.2, -0.15) is 0 Å². The van der Waals surface area contributed by atoms with Crippen molar-refractivity contribution in [3.05, 3.63) is 35.9 Å². The second-order valence-corrected chi connectivity index (χ2v) is 3.72. The van der Waals surface area contributed by atoms with Gasteiger partial charge in [0.05, 0.1) is 11.1 Å². The average molecular weight is 267 g/mol. The van der Waals surface area contributed by atoms with Gasteiger partial charge >= 0.3 is 0 Å². The van der Waals surface area contributed by atoms with E-state index in [-0.39, 0.29) is 17.3 Å². The molecule has 0 aliphatic heterocycles. The van der Waals surface area contributed by atoms with Crippen LogP contribution in [0.15, 0.2) is 35.5 Å². The van der Waals surface area contributed by atoms with E-state index >= 15 is 0 Å². The Hall–Kier alpha value is -2.44. The summed E-state index contributed by atoms with van der Waals surface area (Å²) >= 11 is 0. The topological polar surface area (TPSA) is 80.7 Å². The molecule has 0 amide bonds. The monoisotopic (exact) mass is 267 g/mol. The summed E-state index contributed by atoms with van der Waals surface area (Å²) in [7, 11) is 0. The van der Waals surface area contributed by atoms with Crippen molar-refractivity contribution in [3.63, 3.8) is 0 Å². The molecule has 0 saturated carbocycles. The number of oxime groups is 1. The van der Waals surface area contributed by atoms with Crippen molar-refractivity contribution in [3.8, 4) is 5.88 Å². The third-order valence-electron chi connectivity index (χ3n) is 2.42. The number of amidine groups is 1. The summed E-state index contributed by atoms with van der Waals surface area (Å²) in [6, 6.07) is 8.60. The van der Waals surface area contributed by atoms with E-state index in [1.807, 2.05) is 0 Å². The molecule has 3 N–H and O–H groups in total. The number of nitrogens with two attached hydrogens (primary N) is 1. The first-order chi connectivity index (χ1) is 9.11. The minimum Gasteiger partial charge on any atom is -0.471 e. The maximum Gasteiger partial charge on any atom is 0.272 e. The maximum absolute atomic E-state index is 12.2. The lowest BCUT2D eigenvalue weighted by Crippen LogP contribution is -2.17. The first-order valence-electron chi connectivity index (χ1n) is 5.40. The zero-order valence-electron chi connectivity index (χ0n) is 9.75. The molecule has 5 nitrogen and oxygen atoms in total. The second-order valence-electron chi connectivity index (χ2n) is 3.72. The number of alkyl halides is 2. The number of fused-ring (bicyclic) bond motifs is 1. The molecule has 0 unspecified atom stereocenters. The van der Waals surface area contributed by atoms with Gasteiger partial charge in [0.2, 0.25) is 5.88 Å². The molecule has 1 aromatic heterocycles. The van der Waals surface area contributed by atoms with E-state index in [2.05, 4.69) is 10.1 Å². The van der Waals surface area contributed by atoms with E-state index in [9.17, 15) is 8.78 Å². The van der Waals surface area contributed by atoms with Crippen LogP contribution in [0, 0.1) is 0 Å². The smallest absolute Gasteiger partial charge is 0.272 e. The molecule has 2 rings (SSSR count). The number of benzene rings is 1. The first kappa shape index (κ1) is 13.0. The van der Waals surface area contributed by atoms with Gasteiger partial charge < -0.3 is 15.7 Å². The molecule has 0 bridgehead atoms. The summed E-state index contributed by atoms with van der Waals surface area (Å²) < 4.78 is 29.3. The molecule has 0 saturated heterocycles. The van der Waals surface area contributed by atoms with Gasteiger partial charge in [0.15, 0.2) is 12.4 Å². The lowest BCUT2D eigenvalue weighted by molar-refractivity contribution is 0.0796. The average Bonchev–Trinajstić information content (AvgIpc) is 2.43. The zero-order chi connectivity index (χ0) is 13.8. The van der Waals surface area contributed by atoms with Crippen LogP contribution in [0.4, 0.5) is 8.78 Å². The standard InChI is InChI=1S/C12H11F2N3O2/c13-10(14)6-19-12-8(11(15)17-18)5-7-3-1-2-4-9(7)16-12/h1-5,10,18H,6H2,(H2,15,17). The van der Waals surface area contributed by atoms with Crippen molar-refractivity contribution in [2.75, 3.05) is 6.61 Å². The van der Waals surface area contributed by atoms with Gasteiger partial charge in [-0.3, -0.25) is 0 Å². The molecule has 2 aromatic rings. The van der Waals surface area contributed by atoms with E-state index in [4.69, 9.17) is 15.7 Å². The summed E-state index contributed by atoms with van der Waals surface area (Å²) in [5.74, 6) is -0.336. The summed E-state index contributed by atoms with van der Waals surface area (Å²) in [6.07, 6.45) is -2.63. The predicted molar refractivity (Wildman–Crippen MR) is 65.8 cm³/mol. The Labute approximate surface area is 107 Å². The lowest BCUT2D eigenvalue weighted by Gasteiger charge is -2.10. The van der Waals surface area contributed by atoms with Crippen LogP contribution in [0.3, 0.4) is 0 Å². The molecule has 0 fully saturated rings. The summed E-state index contributed by atoms with van der Waals surface area (Å²) in [4.78, 5) is 4.09. The van der Waals surface area contributed by atoms with E-state index < -0.39 is 13.0 Å². The van der Waals surface area contributed by atoms with Crippen molar-refractivity contribution in [2.45, 2.75) is 6.43 Å². The van der Waals surface area contributed by atoms with Gasteiger partial charge in [0.1, 0.15) is 0 Å². The molecule has 19 heavy (non-hydrogen) atoms. The molecular formula is C12H11F2N3O2. The zero-order valence-corrected chi connectivity index (χ0v) is 9.75. The fourth-order valence-electron chi connectivity index (χ4n) is 1.59. The van der Waals surface area contributed by atoms with Crippen LogP contribution in [0.5, 0.6) is 5.88 Å².